The lowest BCUT2D eigenvalue weighted by molar-refractivity contribution is 0.383. The third-order valence-electron chi connectivity index (χ3n) is 2.52. The number of anilines is 1. The first-order valence-electron chi connectivity index (χ1n) is 5.59. The summed E-state index contributed by atoms with van der Waals surface area (Å²) < 4.78 is 39.6. The van der Waals surface area contributed by atoms with E-state index >= 15 is 0 Å². The van der Waals surface area contributed by atoms with Gasteiger partial charge in [-0.25, -0.2) is 12.8 Å². The van der Waals surface area contributed by atoms with Crippen molar-refractivity contribution in [3.05, 3.63) is 35.1 Å². The summed E-state index contributed by atoms with van der Waals surface area (Å²) in [5.74, 6) is -0.601. The highest BCUT2D eigenvalue weighted by molar-refractivity contribution is 9.10. The summed E-state index contributed by atoms with van der Waals surface area (Å²) in [7, 11) is -3.79. The lowest BCUT2D eigenvalue weighted by atomic mass is 10.3. The summed E-state index contributed by atoms with van der Waals surface area (Å²) in [5, 5.41) is 0. The molecule has 1 aromatic rings. The van der Waals surface area contributed by atoms with Crippen LogP contribution < -0.4 is 5.73 Å². The number of sulfonamides is 1. The standard InChI is InChI=1S/C12H16BrFN2O2S/c1-4-5-16(8(2)3)19(17,18)12-6-9(13)10(14)7-11(12)15/h4,6-8H,1,5,15H2,2-3H3. The minimum Gasteiger partial charge on any atom is -0.398 e. The van der Waals surface area contributed by atoms with Crippen LogP contribution in [0.1, 0.15) is 13.8 Å². The van der Waals surface area contributed by atoms with E-state index in [9.17, 15) is 12.8 Å². The lowest BCUT2D eigenvalue weighted by Gasteiger charge is -2.25. The Hall–Kier alpha value is -0.920. The third kappa shape index (κ3) is 3.34. The fourth-order valence-electron chi connectivity index (χ4n) is 1.61. The largest absolute Gasteiger partial charge is 0.398 e. The van der Waals surface area contributed by atoms with E-state index in [2.05, 4.69) is 22.5 Å². The van der Waals surface area contributed by atoms with Gasteiger partial charge in [0.1, 0.15) is 10.7 Å². The van der Waals surface area contributed by atoms with Gasteiger partial charge in [0.25, 0.3) is 0 Å². The van der Waals surface area contributed by atoms with Crippen molar-refractivity contribution in [2.45, 2.75) is 24.8 Å². The Bertz CT molecular complexity index is 588. The molecule has 0 bridgehead atoms. The molecule has 19 heavy (non-hydrogen) atoms. The first-order chi connectivity index (χ1) is 8.71. The molecule has 7 heteroatoms. The summed E-state index contributed by atoms with van der Waals surface area (Å²) in [6.07, 6.45) is 1.49. The highest BCUT2D eigenvalue weighted by Gasteiger charge is 2.28. The molecule has 0 atom stereocenters. The summed E-state index contributed by atoms with van der Waals surface area (Å²) in [5.41, 5.74) is 5.50. The number of hydrogen-bond donors (Lipinski definition) is 1. The molecular formula is C12H16BrFN2O2S. The SMILES string of the molecule is C=CCN(C(C)C)S(=O)(=O)c1cc(Br)c(F)cc1N. The molecule has 1 rings (SSSR count). The molecule has 0 spiro atoms. The Morgan fingerprint density at radius 1 is 1.53 bits per heavy atom. The molecule has 0 amide bonds. The predicted molar refractivity (Wildman–Crippen MR) is 77.7 cm³/mol. The van der Waals surface area contributed by atoms with Crippen molar-refractivity contribution in [2.75, 3.05) is 12.3 Å². The molecule has 0 fully saturated rings. The van der Waals surface area contributed by atoms with Gasteiger partial charge in [-0.3, -0.25) is 0 Å². The first kappa shape index (κ1) is 16.1. The number of nitrogens with two attached hydrogens (primary N) is 1. The van der Waals surface area contributed by atoms with Crippen LogP contribution in [-0.2, 0) is 10.0 Å². The van der Waals surface area contributed by atoms with Crippen LogP contribution >= 0.6 is 15.9 Å². The van der Waals surface area contributed by atoms with E-state index < -0.39 is 15.8 Å². The smallest absolute Gasteiger partial charge is 0.245 e. The molecule has 0 aliphatic rings. The van der Waals surface area contributed by atoms with Crippen LogP contribution in [0.15, 0.2) is 34.2 Å². The summed E-state index contributed by atoms with van der Waals surface area (Å²) in [4.78, 5) is -0.115. The number of rotatable bonds is 5. The summed E-state index contributed by atoms with van der Waals surface area (Å²) in [6.45, 7) is 7.19. The molecule has 1 aromatic carbocycles. The average molecular weight is 351 g/mol. The van der Waals surface area contributed by atoms with Crippen LogP contribution in [0.25, 0.3) is 0 Å². The van der Waals surface area contributed by atoms with Crippen LogP contribution in [0.3, 0.4) is 0 Å². The van der Waals surface area contributed by atoms with Gasteiger partial charge in [-0.2, -0.15) is 4.31 Å². The van der Waals surface area contributed by atoms with Crippen LogP contribution in [0.5, 0.6) is 0 Å². The van der Waals surface area contributed by atoms with E-state index in [0.29, 0.717) is 0 Å². The van der Waals surface area contributed by atoms with Crippen LogP contribution in [-0.4, -0.2) is 25.3 Å². The molecule has 0 aliphatic heterocycles. The Morgan fingerprint density at radius 2 is 2.11 bits per heavy atom. The van der Waals surface area contributed by atoms with Gasteiger partial charge in [-0.15, -0.1) is 6.58 Å². The van der Waals surface area contributed by atoms with Gasteiger partial charge in [-0.05, 0) is 41.9 Å². The van der Waals surface area contributed by atoms with Crippen molar-refractivity contribution < 1.29 is 12.8 Å². The molecule has 0 aromatic heterocycles. The molecule has 0 saturated heterocycles. The van der Waals surface area contributed by atoms with Crippen LogP contribution in [0.4, 0.5) is 10.1 Å². The van der Waals surface area contributed by atoms with Gasteiger partial charge < -0.3 is 5.73 Å². The molecule has 0 unspecified atom stereocenters. The molecule has 0 radical (unpaired) electrons. The molecule has 106 valence electrons. The van der Waals surface area contributed by atoms with E-state index in [1.54, 1.807) is 13.8 Å². The minimum atomic E-state index is -3.79. The molecule has 0 saturated carbocycles. The maximum Gasteiger partial charge on any atom is 0.245 e. The highest BCUT2D eigenvalue weighted by atomic mass is 79.9. The fourth-order valence-corrected chi connectivity index (χ4v) is 3.84. The van der Waals surface area contributed by atoms with Gasteiger partial charge >= 0.3 is 0 Å². The molecule has 4 nitrogen and oxygen atoms in total. The maximum atomic E-state index is 13.3. The molecule has 2 N–H and O–H groups in total. The minimum absolute atomic E-state index is 0.0579. The van der Waals surface area contributed by atoms with Crippen molar-refractivity contribution in [1.29, 1.82) is 0 Å². The van der Waals surface area contributed by atoms with Crippen LogP contribution in [0.2, 0.25) is 0 Å². The zero-order chi connectivity index (χ0) is 14.8. The van der Waals surface area contributed by atoms with Crippen LogP contribution in [0, 0.1) is 5.82 Å². The van der Waals surface area contributed by atoms with Crippen molar-refractivity contribution in [2.24, 2.45) is 0 Å². The van der Waals surface area contributed by atoms with E-state index in [-0.39, 0.29) is 27.6 Å². The monoisotopic (exact) mass is 350 g/mol. The van der Waals surface area contributed by atoms with E-state index in [1.165, 1.54) is 16.4 Å². The van der Waals surface area contributed by atoms with Gasteiger partial charge in [-0.1, -0.05) is 6.08 Å². The van der Waals surface area contributed by atoms with Gasteiger partial charge in [0.05, 0.1) is 10.2 Å². The molecule has 0 heterocycles. The van der Waals surface area contributed by atoms with Crippen molar-refractivity contribution in [3.8, 4) is 0 Å². The Labute approximate surface area is 121 Å². The zero-order valence-electron chi connectivity index (χ0n) is 10.7. The molecule has 0 aliphatic carbocycles. The van der Waals surface area contributed by atoms with E-state index in [4.69, 9.17) is 5.73 Å². The van der Waals surface area contributed by atoms with Gasteiger partial charge in [0.15, 0.2) is 0 Å². The number of nitrogen functional groups attached to an aromatic ring is 1. The summed E-state index contributed by atoms with van der Waals surface area (Å²) in [6, 6.07) is 1.91. The second kappa shape index (κ2) is 6.02. The first-order valence-corrected chi connectivity index (χ1v) is 7.82. The normalized spacial score (nSPS) is 12.1. The molecular weight excluding hydrogens is 335 g/mol. The second-order valence-electron chi connectivity index (χ2n) is 4.26. The van der Waals surface area contributed by atoms with Crippen molar-refractivity contribution >= 4 is 31.6 Å². The topological polar surface area (TPSA) is 63.4 Å². The van der Waals surface area contributed by atoms with Gasteiger partial charge in [0, 0.05) is 12.6 Å². The lowest BCUT2D eigenvalue weighted by Crippen LogP contribution is -2.37. The number of nitrogens with zero attached hydrogens (tertiary/aromatic N) is 1. The quantitative estimate of drug-likeness (QED) is 0.655. The van der Waals surface area contributed by atoms with Crippen molar-refractivity contribution in [3.63, 3.8) is 0 Å². The number of halogens is 2. The Kier molecular flexibility index (Phi) is 5.11. The zero-order valence-corrected chi connectivity index (χ0v) is 13.1. The Balaban J connectivity index is 3.41. The summed E-state index contributed by atoms with van der Waals surface area (Å²) >= 11 is 2.96. The fraction of sp³-hybridized carbons (Fsp3) is 0.333. The Morgan fingerprint density at radius 3 is 2.58 bits per heavy atom. The maximum absolute atomic E-state index is 13.3. The van der Waals surface area contributed by atoms with Gasteiger partial charge in [0.2, 0.25) is 10.0 Å². The predicted octanol–water partition coefficient (Wildman–Crippen LogP) is 2.76. The van der Waals surface area contributed by atoms with E-state index in [0.717, 1.165) is 6.07 Å². The van der Waals surface area contributed by atoms with E-state index in [1.807, 2.05) is 0 Å². The number of hydrogen-bond acceptors (Lipinski definition) is 3. The second-order valence-corrected chi connectivity index (χ2v) is 6.97. The van der Waals surface area contributed by atoms with Crippen molar-refractivity contribution in [1.82, 2.24) is 4.31 Å². The highest BCUT2D eigenvalue weighted by Crippen LogP contribution is 2.29. The average Bonchev–Trinajstić information content (AvgIpc) is 2.29. The number of benzene rings is 1. The third-order valence-corrected chi connectivity index (χ3v) is 5.23.